The fourth-order valence-electron chi connectivity index (χ4n) is 3.48. The van der Waals surface area contributed by atoms with E-state index in [0.717, 1.165) is 16.0 Å². The third-order valence-electron chi connectivity index (χ3n) is 5.34. The van der Waals surface area contributed by atoms with Crippen LogP contribution >= 0.6 is 12.6 Å². The highest BCUT2D eigenvalue weighted by atomic mass is 32.1. The van der Waals surface area contributed by atoms with Gasteiger partial charge in [0.2, 0.25) is 5.91 Å². The monoisotopic (exact) mass is 474 g/mol. The van der Waals surface area contributed by atoms with Gasteiger partial charge in [0.05, 0.1) is 11.6 Å². The quantitative estimate of drug-likeness (QED) is 0.275. The zero-order valence-corrected chi connectivity index (χ0v) is 19.4. The first-order valence-corrected chi connectivity index (χ1v) is 11.2. The minimum absolute atomic E-state index is 0.0796. The lowest BCUT2D eigenvalue weighted by Crippen LogP contribution is -2.20. The number of rotatable bonds is 10. The van der Waals surface area contributed by atoms with E-state index in [2.05, 4.69) is 23.3 Å². The molecule has 0 spiro atoms. The number of nitrogens with zero attached hydrogens (tertiary/aromatic N) is 1. The van der Waals surface area contributed by atoms with Crippen molar-refractivity contribution in [3.63, 3.8) is 0 Å². The number of thiol groups is 1. The van der Waals surface area contributed by atoms with Gasteiger partial charge in [-0.3, -0.25) is 4.79 Å². The molecule has 174 valence electrons. The van der Waals surface area contributed by atoms with E-state index < -0.39 is 12.0 Å². The van der Waals surface area contributed by atoms with Crippen molar-refractivity contribution < 1.29 is 14.7 Å². The first-order valence-electron chi connectivity index (χ1n) is 10.8. The van der Waals surface area contributed by atoms with Crippen LogP contribution in [0.1, 0.15) is 41.1 Å². The average molecular weight is 475 g/mol. The number of hydrogen-bond acceptors (Lipinski definition) is 6. The minimum atomic E-state index is -1.00. The Hall–Kier alpha value is -3.80. The Morgan fingerprint density at radius 1 is 1.03 bits per heavy atom. The summed E-state index contributed by atoms with van der Waals surface area (Å²) in [4.78, 5) is 24.9. The molecule has 0 aliphatic heterocycles. The van der Waals surface area contributed by atoms with E-state index in [1.54, 1.807) is 42.5 Å². The number of amides is 1. The van der Waals surface area contributed by atoms with Crippen molar-refractivity contribution in [1.82, 2.24) is 0 Å². The lowest BCUT2D eigenvalue weighted by Gasteiger charge is -2.16. The van der Waals surface area contributed by atoms with Crippen LogP contribution in [-0.4, -0.2) is 17.0 Å². The Morgan fingerprint density at radius 2 is 1.71 bits per heavy atom. The normalized spacial score (nSPS) is 11.3. The van der Waals surface area contributed by atoms with E-state index in [-0.39, 0.29) is 5.91 Å². The zero-order valence-electron chi connectivity index (χ0n) is 18.5. The number of hydrogen-bond donors (Lipinski definition) is 5. The topological polar surface area (TPSA) is 128 Å². The molecule has 8 heteroatoms. The second-order valence-corrected chi connectivity index (χ2v) is 8.28. The molecule has 1 amide bonds. The molecule has 0 saturated carbocycles. The Bertz CT molecular complexity index is 1190. The molecule has 1 atom stereocenters. The van der Waals surface area contributed by atoms with Crippen LogP contribution in [0.3, 0.4) is 0 Å². The first-order chi connectivity index (χ1) is 16.4. The number of anilines is 2. The van der Waals surface area contributed by atoms with Crippen LogP contribution in [0.25, 0.3) is 0 Å². The molecule has 0 aromatic heterocycles. The third kappa shape index (κ3) is 6.85. The Morgan fingerprint density at radius 3 is 2.32 bits per heavy atom. The molecule has 0 aliphatic carbocycles. The number of carbonyl (C=O) groups excluding carboxylic acids is 1. The van der Waals surface area contributed by atoms with E-state index in [4.69, 9.17) is 11.0 Å². The highest BCUT2D eigenvalue weighted by molar-refractivity contribution is 7.80. The van der Waals surface area contributed by atoms with E-state index in [0.29, 0.717) is 48.3 Å². The summed E-state index contributed by atoms with van der Waals surface area (Å²) in [6, 6.07) is 20.5. The van der Waals surface area contributed by atoms with Gasteiger partial charge in [0.25, 0.3) is 0 Å². The highest BCUT2D eigenvalue weighted by Gasteiger charge is 2.19. The van der Waals surface area contributed by atoms with Crippen LogP contribution in [0.5, 0.6) is 0 Å². The average Bonchev–Trinajstić information content (AvgIpc) is 2.84. The SMILES string of the molecule is N#Cc1ccc(NC(C(=O)O)c2ccc(CCCC(=O)Nc3ccc(S)c(CN)c3)cc2)cc1. The molecule has 7 nitrogen and oxygen atoms in total. The zero-order chi connectivity index (χ0) is 24.5. The van der Waals surface area contributed by atoms with E-state index in [9.17, 15) is 14.7 Å². The summed E-state index contributed by atoms with van der Waals surface area (Å²) in [5.74, 6) is -1.08. The van der Waals surface area contributed by atoms with Crippen LogP contribution < -0.4 is 16.4 Å². The highest BCUT2D eigenvalue weighted by Crippen LogP contribution is 2.22. The van der Waals surface area contributed by atoms with E-state index in [1.165, 1.54) is 0 Å². The molecule has 0 fully saturated rings. The molecule has 5 N–H and O–H groups in total. The van der Waals surface area contributed by atoms with Gasteiger partial charge >= 0.3 is 5.97 Å². The second-order valence-electron chi connectivity index (χ2n) is 7.80. The van der Waals surface area contributed by atoms with Gasteiger partial charge in [-0.25, -0.2) is 4.79 Å². The Kier molecular flexibility index (Phi) is 8.68. The molecule has 0 saturated heterocycles. The fraction of sp³-hybridized carbons (Fsp3) is 0.192. The molecule has 3 aromatic carbocycles. The van der Waals surface area contributed by atoms with Crippen molar-refractivity contribution in [2.75, 3.05) is 10.6 Å². The van der Waals surface area contributed by atoms with Gasteiger partial charge in [-0.05, 0) is 72.0 Å². The van der Waals surface area contributed by atoms with Gasteiger partial charge in [0.15, 0.2) is 6.04 Å². The Labute approximate surface area is 204 Å². The van der Waals surface area contributed by atoms with Crippen LogP contribution in [0.2, 0.25) is 0 Å². The summed E-state index contributed by atoms with van der Waals surface area (Å²) in [5, 5.41) is 24.4. The molecular weight excluding hydrogens is 448 g/mol. The fourth-order valence-corrected chi connectivity index (χ4v) is 3.71. The van der Waals surface area contributed by atoms with Crippen molar-refractivity contribution in [3.05, 3.63) is 89.0 Å². The maximum atomic E-state index is 12.3. The Balaban J connectivity index is 1.53. The van der Waals surface area contributed by atoms with Crippen LogP contribution in [0.4, 0.5) is 11.4 Å². The van der Waals surface area contributed by atoms with Crippen molar-refractivity contribution in [3.8, 4) is 6.07 Å². The lowest BCUT2D eigenvalue weighted by molar-refractivity contribution is -0.138. The maximum Gasteiger partial charge on any atom is 0.330 e. The van der Waals surface area contributed by atoms with Crippen molar-refractivity contribution in [2.24, 2.45) is 5.73 Å². The number of nitriles is 1. The van der Waals surface area contributed by atoms with Crippen LogP contribution in [0, 0.1) is 11.3 Å². The number of aliphatic carboxylic acids is 1. The summed E-state index contributed by atoms with van der Waals surface area (Å²) >= 11 is 4.34. The summed E-state index contributed by atoms with van der Waals surface area (Å²) in [6.45, 7) is 0.351. The number of benzene rings is 3. The molecule has 0 heterocycles. The van der Waals surface area contributed by atoms with Gasteiger partial charge < -0.3 is 21.5 Å². The van der Waals surface area contributed by atoms with E-state index >= 15 is 0 Å². The minimum Gasteiger partial charge on any atom is -0.479 e. The van der Waals surface area contributed by atoms with Gasteiger partial charge in [-0.2, -0.15) is 5.26 Å². The number of nitrogens with one attached hydrogen (secondary N) is 2. The summed E-state index contributed by atoms with van der Waals surface area (Å²) in [7, 11) is 0. The molecule has 1 unspecified atom stereocenters. The van der Waals surface area contributed by atoms with Crippen LogP contribution in [0.15, 0.2) is 71.6 Å². The second kappa shape index (κ2) is 11.9. The maximum absolute atomic E-state index is 12.3. The largest absolute Gasteiger partial charge is 0.479 e. The first kappa shape index (κ1) is 24.8. The van der Waals surface area contributed by atoms with Gasteiger partial charge in [0.1, 0.15) is 0 Å². The molecule has 34 heavy (non-hydrogen) atoms. The standard InChI is InChI=1S/C26H26N4O3S/c27-15-18-6-10-21(11-7-18)30-25(26(32)33)19-8-4-17(5-9-19)2-1-3-24(31)29-22-12-13-23(34)20(14-22)16-28/h4-14,25,30,34H,1-3,16,28H2,(H,29,31)(H,32,33). The summed E-state index contributed by atoms with van der Waals surface area (Å²) in [5.41, 5.74) is 10.00. The number of nitrogens with two attached hydrogens (primary N) is 1. The van der Waals surface area contributed by atoms with Gasteiger partial charge in [-0.1, -0.05) is 24.3 Å². The van der Waals surface area contributed by atoms with Crippen LogP contribution in [-0.2, 0) is 22.6 Å². The molecular formula is C26H26N4O3S. The van der Waals surface area contributed by atoms with Crippen molar-refractivity contribution in [1.29, 1.82) is 5.26 Å². The smallest absolute Gasteiger partial charge is 0.330 e. The molecule has 0 aliphatic rings. The molecule has 3 aromatic rings. The third-order valence-corrected chi connectivity index (χ3v) is 5.77. The predicted molar refractivity (Wildman–Crippen MR) is 135 cm³/mol. The molecule has 3 rings (SSSR count). The summed E-state index contributed by atoms with van der Waals surface area (Å²) < 4.78 is 0. The summed E-state index contributed by atoms with van der Waals surface area (Å²) in [6.07, 6.45) is 1.71. The van der Waals surface area contributed by atoms with Crippen molar-refractivity contribution >= 4 is 35.9 Å². The van der Waals surface area contributed by atoms with Gasteiger partial charge in [0, 0.05) is 29.2 Å². The van der Waals surface area contributed by atoms with Crippen molar-refractivity contribution in [2.45, 2.75) is 36.7 Å². The predicted octanol–water partition coefficient (Wildman–Crippen LogP) is 4.50. The van der Waals surface area contributed by atoms with Gasteiger partial charge in [-0.15, -0.1) is 12.6 Å². The van der Waals surface area contributed by atoms with E-state index in [1.807, 2.05) is 30.3 Å². The lowest BCUT2D eigenvalue weighted by atomic mass is 10.0. The number of carbonyl (C=O) groups is 2. The number of aryl methyl sites for hydroxylation is 1. The number of carboxylic acid groups (broad SMARTS) is 1. The number of carboxylic acids is 1. The molecule has 0 radical (unpaired) electrons. The molecule has 0 bridgehead atoms.